The average molecular weight is 496 g/mol. The third kappa shape index (κ3) is 4.51. The Morgan fingerprint density at radius 1 is 0.938 bits per heavy atom. The Kier molecular flexibility index (Phi) is 6.26. The van der Waals surface area contributed by atoms with Crippen molar-refractivity contribution in [2.75, 3.05) is 11.8 Å². The van der Waals surface area contributed by atoms with Gasteiger partial charge in [0.25, 0.3) is 10.0 Å². The van der Waals surface area contributed by atoms with Crippen molar-refractivity contribution in [3.8, 4) is 11.4 Å². The first kappa shape index (κ1) is 22.7. The average Bonchev–Trinajstić information content (AvgIpc) is 3.02. The van der Waals surface area contributed by atoms with Crippen LogP contribution in [0.5, 0.6) is 0 Å². The highest BCUT2D eigenvalue weighted by atomic mass is 35.5. The molecule has 3 aromatic rings. The van der Waals surface area contributed by atoms with Crippen molar-refractivity contribution in [1.29, 1.82) is 0 Å². The van der Waals surface area contributed by atoms with E-state index in [1.54, 1.807) is 12.1 Å². The van der Waals surface area contributed by atoms with Gasteiger partial charge in [0.15, 0.2) is 5.82 Å². The van der Waals surface area contributed by atoms with Crippen LogP contribution < -0.4 is 9.44 Å². The van der Waals surface area contributed by atoms with E-state index >= 15 is 0 Å². The van der Waals surface area contributed by atoms with Crippen LogP contribution in [-0.2, 0) is 33.0 Å². The quantitative estimate of drug-likeness (QED) is 0.541. The number of hydrogen-bond donors (Lipinski definition) is 2. The molecule has 4 rings (SSSR count). The van der Waals surface area contributed by atoms with Crippen LogP contribution >= 0.6 is 11.6 Å². The largest absolute Gasteiger partial charge is 0.311 e. The van der Waals surface area contributed by atoms with Crippen LogP contribution in [0, 0.1) is 0 Å². The molecule has 12 heteroatoms. The van der Waals surface area contributed by atoms with Crippen molar-refractivity contribution in [1.82, 2.24) is 19.5 Å². The second kappa shape index (κ2) is 8.81. The van der Waals surface area contributed by atoms with E-state index in [-0.39, 0.29) is 15.5 Å². The molecule has 0 spiro atoms. The molecule has 1 aliphatic rings. The Bertz CT molecular complexity index is 1370. The highest BCUT2D eigenvalue weighted by Crippen LogP contribution is 2.32. The van der Waals surface area contributed by atoms with Crippen LogP contribution in [0.3, 0.4) is 0 Å². The molecule has 2 N–H and O–H groups in total. The summed E-state index contributed by atoms with van der Waals surface area (Å²) < 4.78 is 56.6. The number of nitrogens with zero attached hydrogens (tertiary/aromatic N) is 3. The highest BCUT2D eigenvalue weighted by molar-refractivity contribution is 7.93. The molecule has 0 unspecified atom stereocenters. The van der Waals surface area contributed by atoms with Crippen LogP contribution in [-0.4, -0.2) is 38.6 Å². The molecule has 32 heavy (non-hydrogen) atoms. The zero-order chi connectivity index (χ0) is 22.9. The van der Waals surface area contributed by atoms with Crippen LogP contribution in [0.25, 0.3) is 11.4 Å². The van der Waals surface area contributed by atoms with Gasteiger partial charge in [0.05, 0.1) is 14.8 Å². The first-order chi connectivity index (χ1) is 15.2. The molecule has 0 saturated carbocycles. The lowest BCUT2D eigenvalue weighted by Gasteiger charge is -2.13. The maximum Gasteiger partial charge on any atom is 0.261 e. The number of anilines is 1. The van der Waals surface area contributed by atoms with Gasteiger partial charge in [-0.1, -0.05) is 24.1 Å². The molecular weight excluding hydrogens is 474 g/mol. The minimum atomic E-state index is -4.05. The normalized spacial score (nSPS) is 14.6. The Balaban J connectivity index is 1.68. The summed E-state index contributed by atoms with van der Waals surface area (Å²) in [6, 6.07) is 9.86. The van der Waals surface area contributed by atoms with Gasteiger partial charge in [0.2, 0.25) is 10.0 Å². The van der Waals surface area contributed by atoms with Gasteiger partial charge in [-0.05, 0) is 56.3 Å². The van der Waals surface area contributed by atoms with Gasteiger partial charge in [-0.3, -0.25) is 4.72 Å². The number of benzene rings is 2. The summed E-state index contributed by atoms with van der Waals surface area (Å²) in [6.45, 7) is 0.774. The van der Waals surface area contributed by atoms with E-state index in [1.807, 2.05) is 4.57 Å². The second-order valence-corrected chi connectivity index (χ2v) is 11.4. The summed E-state index contributed by atoms with van der Waals surface area (Å²) >= 11 is 6.41. The van der Waals surface area contributed by atoms with E-state index < -0.39 is 20.0 Å². The Labute approximate surface area is 191 Å². The summed E-state index contributed by atoms with van der Waals surface area (Å²) in [5, 5.41) is 9.00. The highest BCUT2D eigenvalue weighted by Gasteiger charge is 2.21. The standard InChI is InChI=1S/C20H22ClN5O4S2/c1-22-31(27,28)15-6-5-7-16(13-15)32(29,30)25-14-9-10-18(21)17(12-14)20-24-23-19-8-3-2-4-11-26(19)20/h5-7,9-10,12-13,22,25H,2-4,8,11H2,1H3. The maximum absolute atomic E-state index is 12.9. The first-order valence-electron chi connectivity index (χ1n) is 10.00. The lowest BCUT2D eigenvalue weighted by atomic mass is 10.2. The third-order valence-electron chi connectivity index (χ3n) is 5.26. The van der Waals surface area contributed by atoms with E-state index in [2.05, 4.69) is 19.6 Å². The number of halogens is 1. The Morgan fingerprint density at radius 3 is 2.44 bits per heavy atom. The molecule has 1 aromatic heterocycles. The predicted molar refractivity (Wildman–Crippen MR) is 122 cm³/mol. The van der Waals surface area contributed by atoms with Crippen molar-refractivity contribution >= 4 is 37.3 Å². The summed E-state index contributed by atoms with van der Waals surface area (Å²) in [5.74, 6) is 1.48. The molecule has 170 valence electrons. The second-order valence-electron chi connectivity index (χ2n) is 7.38. The van der Waals surface area contributed by atoms with E-state index in [0.717, 1.165) is 44.1 Å². The van der Waals surface area contributed by atoms with E-state index in [4.69, 9.17) is 11.6 Å². The molecule has 1 aliphatic heterocycles. The van der Waals surface area contributed by atoms with Crippen LogP contribution in [0.2, 0.25) is 5.02 Å². The number of hydrogen-bond acceptors (Lipinski definition) is 6. The Morgan fingerprint density at radius 2 is 1.69 bits per heavy atom. The smallest absolute Gasteiger partial charge is 0.261 e. The summed E-state index contributed by atoms with van der Waals surface area (Å²) in [5.41, 5.74) is 0.844. The zero-order valence-corrected chi connectivity index (χ0v) is 19.6. The van der Waals surface area contributed by atoms with Gasteiger partial charge < -0.3 is 4.57 Å². The molecular formula is C20H22ClN5O4S2. The van der Waals surface area contributed by atoms with Gasteiger partial charge >= 0.3 is 0 Å². The predicted octanol–water partition coefficient (Wildman–Crippen LogP) is 3.03. The van der Waals surface area contributed by atoms with Crippen molar-refractivity contribution in [3.63, 3.8) is 0 Å². The molecule has 9 nitrogen and oxygen atoms in total. The van der Waals surface area contributed by atoms with Crippen molar-refractivity contribution in [3.05, 3.63) is 53.3 Å². The third-order valence-corrected chi connectivity index (χ3v) is 8.38. The van der Waals surface area contributed by atoms with Gasteiger partial charge in [-0.15, -0.1) is 10.2 Å². The number of rotatable bonds is 6. The molecule has 0 bridgehead atoms. The lowest BCUT2D eigenvalue weighted by molar-refractivity contribution is 0.588. The van der Waals surface area contributed by atoms with E-state index in [1.165, 1.54) is 31.3 Å². The molecule has 2 heterocycles. The fraction of sp³-hybridized carbons (Fsp3) is 0.300. The lowest BCUT2D eigenvalue weighted by Crippen LogP contribution is -2.19. The number of sulfonamides is 2. The fourth-order valence-electron chi connectivity index (χ4n) is 3.58. The van der Waals surface area contributed by atoms with Crippen molar-refractivity contribution < 1.29 is 16.8 Å². The first-order valence-corrected chi connectivity index (χ1v) is 13.3. The van der Waals surface area contributed by atoms with Crippen LogP contribution in [0.15, 0.2) is 52.3 Å². The van der Waals surface area contributed by atoms with Gasteiger partial charge in [-0.25, -0.2) is 21.6 Å². The van der Waals surface area contributed by atoms with Crippen molar-refractivity contribution in [2.45, 2.75) is 42.0 Å². The number of nitrogens with one attached hydrogen (secondary N) is 2. The van der Waals surface area contributed by atoms with Gasteiger partial charge in [0.1, 0.15) is 5.82 Å². The molecule has 0 radical (unpaired) electrons. The fourth-order valence-corrected chi connectivity index (χ4v) is 5.73. The zero-order valence-electron chi connectivity index (χ0n) is 17.2. The Hall–Kier alpha value is -2.47. The molecule has 0 amide bonds. The topological polar surface area (TPSA) is 123 Å². The van der Waals surface area contributed by atoms with Crippen LogP contribution in [0.4, 0.5) is 5.69 Å². The van der Waals surface area contributed by atoms with E-state index in [0.29, 0.717) is 16.4 Å². The summed E-state index contributed by atoms with van der Waals surface area (Å²) in [6.07, 6.45) is 4.00. The minimum absolute atomic E-state index is 0.147. The molecule has 2 aromatic carbocycles. The minimum Gasteiger partial charge on any atom is -0.311 e. The molecule has 0 atom stereocenters. The number of aryl methyl sites for hydroxylation is 1. The van der Waals surface area contributed by atoms with Gasteiger partial charge in [0, 0.05) is 24.2 Å². The van der Waals surface area contributed by atoms with Crippen molar-refractivity contribution in [2.24, 2.45) is 0 Å². The molecule has 0 saturated heterocycles. The maximum atomic E-state index is 12.9. The van der Waals surface area contributed by atoms with E-state index in [9.17, 15) is 16.8 Å². The monoisotopic (exact) mass is 495 g/mol. The van der Waals surface area contributed by atoms with Gasteiger partial charge in [-0.2, -0.15) is 0 Å². The summed E-state index contributed by atoms with van der Waals surface area (Å²) in [4.78, 5) is -0.326. The number of aromatic nitrogens is 3. The summed E-state index contributed by atoms with van der Waals surface area (Å²) in [7, 11) is -6.58. The molecule has 0 aliphatic carbocycles. The molecule has 0 fully saturated rings. The SMILES string of the molecule is CNS(=O)(=O)c1cccc(S(=O)(=O)Nc2ccc(Cl)c(-c3nnc4n3CCCCC4)c2)c1. The van der Waals surface area contributed by atoms with Crippen LogP contribution in [0.1, 0.15) is 25.1 Å². The number of fused-ring (bicyclic) bond motifs is 1.